The van der Waals surface area contributed by atoms with Gasteiger partial charge in [0.2, 0.25) is 5.91 Å². The zero-order chi connectivity index (χ0) is 18.0. The zero-order valence-corrected chi connectivity index (χ0v) is 14.5. The van der Waals surface area contributed by atoms with Crippen molar-refractivity contribution in [1.82, 2.24) is 9.99 Å². The van der Waals surface area contributed by atoms with E-state index in [4.69, 9.17) is 0 Å². The predicted molar refractivity (Wildman–Crippen MR) is 96.5 cm³/mol. The average Bonchev–Trinajstić information content (AvgIpc) is 2.59. The number of carbonyl (C=O) groups is 2. The van der Waals surface area contributed by atoms with Crippen molar-refractivity contribution in [2.24, 2.45) is 11.0 Å². The number of rotatable bonds is 3. The van der Waals surface area contributed by atoms with Crippen LogP contribution in [0.3, 0.4) is 0 Å². The van der Waals surface area contributed by atoms with Crippen molar-refractivity contribution in [3.63, 3.8) is 0 Å². The van der Waals surface area contributed by atoms with E-state index in [1.807, 2.05) is 44.2 Å². The predicted octanol–water partition coefficient (Wildman–Crippen LogP) is 2.84. The van der Waals surface area contributed by atoms with Gasteiger partial charge in [0.25, 0.3) is 5.91 Å². The van der Waals surface area contributed by atoms with E-state index in [0.717, 1.165) is 16.8 Å². The Bertz CT molecular complexity index is 826. The summed E-state index contributed by atoms with van der Waals surface area (Å²) in [5.74, 6) is -0.159. The molecule has 0 spiro atoms. The van der Waals surface area contributed by atoms with Gasteiger partial charge in [0.15, 0.2) is 0 Å². The van der Waals surface area contributed by atoms with Crippen LogP contribution in [0.25, 0.3) is 0 Å². The highest BCUT2D eigenvalue weighted by atomic mass is 16.2. The van der Waals surface area contributed by atoms with Crippen LogP contribution in [0.2, 0.25) is 0 Å². The van der Waals surface area contributed by atoms with Crippen LogP contribution in [0.4, 0.5) is 5.69 Å². The second kappa shape index (κ2) is 6.84. The lowest BCUT2D eigenvalue weighted by Crippen LogP contribution is -2.33. The first kappa shape index (κ1) is 16.8. The van der Waals surface area contributed by atoms with E-state index in [1.165, 1.54) is 5.01 Å². The number of nitrogens with zero attached hydrogens (tertiary/aromatic N) is 3. The summed E-state index contributed by atoms with van der Waals surface area (Å²) in [5, 5.41) is 8.58. The summed E-state index contributed by atoms with van der Waals surface area (Å²) in [6.45, 7) is 3.91. The molecule has 25 heavy (non-hydrogen) atoms. The first-order valence-electron chi connectivity index (χ1n) is 8.13. The molecule has 2 amide bonds. The maximum atomic E-state index is 12.2. The van der Waals surface area contributed by atoms with Gasteiger partial charge in [-0.2, -0.15) is 5.10 Å². The molecule has 0 saturated carbocycles. The van der Waals surface area contributed by atoms with E-state index in [9.17, 15) is 9.59 Å². The number of hydrogen-bond acceptors (Lipinski definition) is 4. The van der Waals surface area contributed by atoms with E-state index in [-0.39, 0.29) is 17.7 Å². The fourth-order valence-corrected chi connectivity index (χ4v) is 2.67. The quantitative estimate of drug-likeness (QED) is 0.936. The number of benzene rings is 1. The third kappa shape index (κ3) is 3.74. The molecule has 3 rings (SSSR count). The van der Waals surface area contributed by atoms with Gasteiger partial charge < -0.3 is 5.32 Å². The maximum absolute atomic E-state index is 12.2. The molecule has 1 aromatic heterocycles. The van der Waals surface area contributed by atoms with Crippen LogP contribution >= 0.6 is 0 Å². The highest BCUT2D eigenvalue weighted by molar-refractivity contribution is 6.06. The minimum Gasteiger partial charge on any atom is -0.321 e. The Labute approximate surface area is 146 Å². The van der Waals surface area contributed by atoms with Gasteiger partial charge >= 0.3 is 0 Å². The fraction of sp³-hybridized carbons (Fsp3) is 0.263. The Balaban J connectivity index is 1.74. The monoisotopic (exact) mass is 336 g/mol. The van der Waals surface area contributed by atoms with E-state index in [0.29, 0.717) is 17.8 Å². The van der Waals surface area contributed by atoms with Gasteiger partial charge in [-0.15, -0.1) is 0 Å². The molecule has 1 aliphatic rings. The Morgan fingerprint density at radius 2 is 1.92 bits per heavy atom. The number of amides is 2. The third-order valence-corrected chi connectivity index (χ3v) is 4.15. The molecule has 6 nitrogen and oxygen atoms in total. The summed E-state index contributed by atoms with van der Waals surface area (Å²) >= 11 is 0. The van der Waals surface area contributed by atoms with Crippen LogP contribution in [0.5, 0.6) is 0 Å². The van der Waals surface area contributed by atoms with Gasteiger partial charge in [0.1, 0.15) is 5.69 Å². The normalized spacial score (nSPS) is 17.2. The molecule has 0 radical (unpaired) electrons. The SMILES string of the molecule is Cc1ccc(C(=O)Nc2ccc(C3=NN(C)C(=O)CC3C)cc2)nc1. The number of hydrogen-bond donors (Lipinski definition) is 1. The first-order chi connectivity index (χ1) is 11.9. The van der Waals surface area contributed by atoms with Gasteiger partial charge in [0, 0.05) is 31.3 Å². The number of hydrazone groups is 1. The van der Waals surface area contributed by atoms with Crippen molar-refractivity contribution in [2.45, 2.75) is 20.3 Å². The highest BCUT2D eigenvalue weighted by Crippen LogP contribution is 2.21. The van der Waals surface area contributed by atoms with Crippen LogP contribution in [0.1, 0.15) is 35.0 Å². The lowest BCUT2D eigenvalue weighted by atomic mass is 9.94. The topological polar surface area (TPSA) is 74.7 Å². The lowest BCUT2D eigenvalue weighted by molar-refractivity contribution is -0.131. The zero-order valence-electron chi connectivity index (χ0n) is 14.5. The largest absolute Gasteiger partial charge is 0.321 e. The summed E-state index contributed by atoms with van der Waals surface area (Å²) in [6.07, 6.45) is 2.12. The molecule has 1 N–H and O–H groups in total. The van der Waals surface area contributed by atoms with Crippen molar-refractivity contribution in [1.29, 1.82) is 0 Å². The number of aromatic nitrogens is 1. The summed E-state index contributed by atoms with van der Waals surface area (Å²) in [4.78, 5) is 28.0. The van der Waals surface area contributed by atoms with Crippen LogP contribution in [0, 0.1) is 12.8 Å². The molecule has 0 saturated heterocycles. The Morgan fingerprint density at radius 3 is 2.56 bits per heavy atom. The second-order valence-corrected chi connectivity index (χ2v) is 6.26. The number of carbonyl (C=O) groups excluding carboxylic acids is 2. The van der Waals surface area contributed by atoms with Crippen molar-refractivity contribution < 1.29 is 9.59 Å². The lowest BCUT2D eigenvalue weighted by Gasteiger charge is -2.24. The number of nitrogens with one attached hydrogen (secondary N) is 1. The van der Waals surface area contributed by atoms with Gasteiger partial charge in [-0.25, -0.2) is 5.01 Å². The molecule has 0 aliphatic carbocycles. The van der Waals surface area contributed by atoms with Crippen molar-refractivity contribution in [3.05, 3.63) is 59.4 Å². The molecular formula is C19H20N4O2. The minimum atomic E-state index is -0.249. The van der Waals surface area contributed by atoms with E-state index < -0.39 is 0 Å². The maximum Gasteiger partial charge on any atom is 0.274 e. The van der Waals surface area contributed by atoms with E-state index in [1.54, 1.807) is 19.3 Å². The van der Waals surface area contributed by atoms with E-state index >= 15 is 0 Å². The summed E-state index contributed by atoms with van der Waals surface area (Å²) in [6, 6.07) is 11.0. The smallest absolute Gasteiger partial charge is 0.274 e. The van der Waals surface area contributed by atoms with Crippen molar-refractivity contribution in [3.8, 4) is 0 Å². The molecular weight excluding hydrogens is 316 g/mol. The fourth-order valence-electron chi connectivity index (χ4n) is 2.67. The Morgan fingerprint density at radius 1 is 1.20 bits per heavy atom. The molecule has 1 atom stereocenters. The summed E-state index contributed by atoms with van der Waals surface area (Å²) in [7, 11) is 1.66. The van der Waals surface area contributed by atoms with Gasteiger partial charge in [-0.1, -0.05) is 25.1 Å². The number of pyridine rings is 1. The molecule has 1 aromatic carbocycles. The Hall–Kier alpha value is -3.02. The molecule has 2 heterocycles. The molecule has 0 fully saturated rings. The third-order valence-electron chi connectivity index (χ3n) is 4.15. The number of anilines is 1. The Kier molecular flexibility index (Phi) is 4.61. The van der Waals surface area contributed by atoms with Gasteiger partial charge in [-0.05, 0) is 36.2 Å². The van der Waals surface area contributed by atoms with Crippen LogP contribution in [0.15, 0.2) is 47.7 Å². The molecule has 6 heteroatoms. The standard InChI is InChI=1S/C19H20N4O2/c1-12-4-9-16(20-11-12)19(25)21-15-7-5-14(6-8-15)18-13(2)10-17(24)23(3)22-18/h4-9,11,13H,10H2,1-3H3,(H,21,25). The summed E-state index contributed by atoms with van der Waals surface area (Å²) in [5.41, 5.74) is 3.88. The second-order valence-electron chi connectivity index (χ2n) is 6.26. The first-order valence-corrected chi connectivity index (χ1v) is 8.13. The average molecular weight is 336 g/mol. The summed E-state index contributed by atoms with van der Waals surface area (Å²) < 4.78 is 0. The highest BCUT2D eigenvalue weighted by Gasteiger charge is 2.25. The van der Waals surface area contributed by atoms with Crippen LogP contribution in [-0.4, -0.2) is 34.6 Å². The number of aryl methyl sites for hydroxylation is 1. The van der Waals surface area contributed by atoms with E-state index in [2.05, 4.69) is 15.4 Å². The van der Waals surface area contributed by atoms with Gasteiger partial charge in [0.05, 0.1) is 5.71 Å². The van der Waals surface area contributed by atoms with Crippen molar-refractivity contribution >= 4 is 23.2 Å². The minimum absolute atomic E-state index is 0.0192. The molecule has 2 aromatic rings. The molecule has 128 valence electrons. The van der Waals surface area contributed by atoms with Crippen LogP contribution in [-0.2, 0) is 4.79 Å². The van der Waals surface area contributed by atoms with Crippen molar-refractivity contribution in [2.75, 3.05) is 12.4 Å². The molecule has 1 unspecified atom stereocenters. The van der Waals surface area contributed by atoms with Crippen LogP contribution < -0.4 is 5.32 Å². The molecule has 0 bridgehead atoms. The molecule has 1 aliphatic heterocycles. The van der Waals surface area contributed by atoms with Gasteiger partial charge in [-0.3, -0.25) is 14.6 Å².